The van der Waals surface area contributed by atoms with Gasteiger partial charge in [0.15, 0.2) is 0 Å². The molecule has 0 N–H and O–H groups in total. The van der Waals surface area contributed by atoms with Crippen LogP contribution in [-0.2, 0) is 11.8 Å². The van der Waals surface area contributed by atoms with Crippen LogP contribution in [0.2, 0.25) is 0 Å². The molecule has 0 bridgehead atoms. The van der Waals surface area contributed by atoms with E-state index in [0.717, 1.165) is 17.4 Å². The summed E-state index contributed by atoms with van der Waals surface area (Å²) in [5.41, 5.74) is -0.475. The van der Waals surface area contributed by atoms with Crippen LogP contribution in [-0.4, -0.2) is 22.2 Å². The summed E-state index contributed by atoms with van der Waals surface area (Å²) in [7, 11) is 2.73. The molecule has 2 heterocycles. The van der Waals surface area contributed by atoms with Crippen LogP contribution in [0.25, 0.3) is 10.2 Å². The fourth-order valence-electron chi connectivity index (χ4n) is 2.40. The molecule has 7 heteroatoms. The van der Waals surface area contributed by atoms with Crippen LogP contribution in [0.3, 0.4) is 0 Å². The van der Waals surface area contributed by atoms with Crippen LogP contribution in [0, 0.1) is 6.92 Å². The number of aromatic nitrogens is 2. The van der Waals surface area contributed by atoms with Gasteiger partial charge in [0.25, 0.3) is 5.56 Å². The smallest absolute Gasteiger partial charge is 0.339 e. The van der Waals surface area contributed by atoms with Crippen molar-refractivity contribution in [2.75, 3.05) is 7.11 Å². The second kappa shape index (κ2) is 4.31. The third-order valence-electron chi connectivity index (χ3n) is 3.60. The summed E-state index contributed by atoms with van der Waals surface area (Å²) in [6.45, 7) is 1.76. The van der Waals surface area contributed by atoms with Gasteiger partial charge in [0.2, 0.25) is 0 Å². The maximum Gasteiger partial charge on any atom is 0.339 e. The summed E-state index contributed by atoms with van der Waals surface area (Å²) < 4.78 is 7.47. The summed E-state index contributed by atoms with van der Waals surface area (Å²) >= 11 is 1.30. The second-order valence-electron chi connectivity index (χ2n) is 4.95. The summed E-state index contributed by atoms with van der Waals surface area (Å²) in [6.07, 6.45) is 1.86. The molecule has 106 valence electrons. The van der Waals surface area contributed by atoms with E-state index in [4.69, 9.17) is 4.74 Å². The molecule has 2 aromatic heterocycles. The number of thiophene rings is 1. The highest BCUT2D eigenvalue weighted by Gasteiger charge is 2.31. The number of ether oxygens (including phenoxy) is 1. The van der Waals surface area contributed by atoms with Crippen LogP contribution < -0.4 is 11.2 Å². The Hall–Kier alpha value is -1.89. The van der Waals surface area contributed by atoms with Crippen LogP contribution in [0.4, 0.5) is 0 Å². The molecule has 0 aromatic carbocycles. The van der Waals surface area contributed by atoms with Crippen molar-refractivity contribution < 1.29 is 9.53 Å². The van der Waals surface area contributed by atoms with Crippen molar-refractivity contribution in [1.29, 1.82) is 0 Å². The van der Waals surface area contributed by atoms with Crippen molar-refractivity contribution in [3.8, 4) is 0 Å². The zero-order valence-corrected chi connectivity index (χ0v) is 12.2. The van der Waals surface area contributed by atoms with E-state index in [-0.39, 0.29) is 17.3 Å². The zero-order valence-electron chi connectivity index (χ0n) is 11.4. The number of methoxy groups -OCH3 is 1. The summed E-state index contributed by atoms with van der Waals surface area (Å²) in [4.78, 5) is 37.8. The predicted octanol–water partition coefficient (Wildman–Crippen LogP) is 1.19. The largest absolute Gasteiger partial charge is 0.465 e. The van der Waals surface area contributed by atoms with Crippen molar-refractivity contribution >= 4 is 27.5 Å². The van der Waals surface area contributed by atoms with Crippen LogP contribution in [0.15, 0.2) is 9.59 Å². The molecule has 20 heavy (non-hydrogen) atoms. The Labute approximate surface area is 118 Å². The third-order valence-corrected chi connectivity index (χ3v) is 4.70. The van der Waals surface area contributed by atoms with E-state index in [9.17, 15) is 14.4 Å². The number of esters is 1. The van der Waals surface area contributed by atoms with Gasteiger partial charge in [-0.15, -0.1) is 11.3 Å². The Bertz CT molecular complexity index is 839. The second-order valence-corrected chi connectivity index (χ2v) is 6.16. The van der Waals surface area contributed by atoms with Gasteiger partial charge >= 0.3 is 11.7 Å². The first-order chi connectivity index (χ1) is 9.47. The van der Waals surface area contributed by atoms with Gasteiger partial charge in [-0.3, -0.25) is 13.9 Å². The van der Waals surface area contributed by atoms with Gasteiger partial charge in [-0.25, -0.2) is 9.59 Å². The van der Waals surface area contributed by atoms with Crippen LogP contribution >= 0.6 is 11.3 Å². The van der Waals surface area contributed by atoms with Gasteiger partial charge in [-0.1, -0.05) is 0 Å². The summed E-state index contributed by atoms with van der Waals surface area (Å²) in [5, 5.41) is 0.299. The lowest BCUT2D eigenvalue weighted by Gasteiger charge is -2.08. The number of nitrogens with zero attached hydrogens (tertiary/aromatic N) is 2. The van der Waals surface area contributed by atoms with Crippen LogP contribution in [0.5, 0.6) is 0 Å². The highest BCUT2D eigenvalue weighted by Crippen LogP contribution is 2.38. The normalized spacial score (nSPS) is 14.8. The molecule has 1 saturated carbocycles. The van der Waals surface area contributed by atoms with Crippen molar-refractivity contribution in [3.05, 3.63) is 31.3 Å². The van der Waals surface area contributed by atoms with E-state index < -0.39 is 11.5 Å². The van der Waals surface area contributed by atoms with Gasteiger partial charge in [-0.2, -0.15) is 0 Å². The van der Waals surface area contributed by atoms with Gasteiger partial charge in [0, 0.05) is 18.0 Å². The van der Waals surface area contributed by atoms with E-state index in [1.165, 1.54) is 25.5 Å². The first-order valence-electron chi connectivity index (χ1n) is 6.30. The Morgan fingerprint density at radius 3 is 2.55 bits per heavy atom. The zero-order chi connectivity index (χ0) is 14.6. The standard InChI is InChI=1S/C13H14N2O4S/c1-6-8(12(17)19-3)9-10(16)14(2)13(18)15(7-4-5-7)11(9)20-6/h7H,4-5H2,1-3H3. The SMILES string of the molecule is COC(=O)c1c(C)sc2c1c(=O)n(C)c(=O)n2C1CC1. The first kappa shape index (κ1) is 13.1. The lowest BCUT2D eigenvalue weighted by Crippen LogP contribution is -2.37. The Morgan fingerprint density at radius 2 is 2.00 bits per heavy atom. The summed E-state index contributed by atoms with van der Waals surface area (Å²) in [6, 6.07) is 0.139. The van der Waals surface area contributed by atoms with E-state index >= 15 is 0 Å². The summed E-state index contributed by atoms with van der Waals surface area (Å²) in [5.74, 6) is -0.535. The highest BCUT2D eigenvalue weighted by atomic mass is 32.1. The van der Waals surface area contributed by atoms with Crippen molar-refractivity contribution in [3.63, 3.8) is 0 Å². The molecule has 1 aliphatic carbocycles. The van der Waals surface area contributed by atoms with E-state index in [1.54, 1.807) is 11.5 Å². The molecule has 3 rings (SSSR count). The molecule has 0 saturated heterocycles. The molecule has 0 unspecified atom stereocenters. The van der Waals surface area contributed by atoms with Gasteiger partial charge in [0.1, 0.15) is 4.83 Å². The third kappa shape index (κ3) is 1.66. The van der Waals surface area contributed by atoms with Gasteiger partial charge in [-0.05, 0) is 19.8 Å². The van der Waals surface area contributed by atoms with Gasteiger partial charge < -0.3 is 4.74 Å². The predicted molar refractivity (Wildman–Crippen MR) is 75.7 cm³/mol. The van der Waals surface area contributed by atoms with E-state index in [1.807, 2.05) is 0 Å². The molecular formula is C13H14N2O4S. The lowest BCUT2D eigenvalue weighted by atomic mass is 10.2. The molecule has 1 fully saturated rings. The van der Waals surface area contributed by atoms with Crippen LogP contribution in [0.1, 0.15) is 34.1 Å². The lowest BCUT2D eigenvalue weighted by molar-refractivity contribution is 0.0602. The first-order valence-corrected chi connectivity index (χ1v) is 7.12. The maximum atomic E-state index is 12.3. The molecule has 0 spiro atoms. The molecule has 0 radical (unpaired) electrons. The van der Waals surface area contributed by atoms with Crippen molar-refractivity contribution in [1.82, 2.24) is 9.13 Å². The Balaban J connectivity index is 2.51. The number of hydrogen-bond donors (Lipinski definition) is 0. The van der Waals surface area contributed by atoms with Crippen molar-refractivity contribution in [2.24, 2.45) is 7.05 Å². The number of carbonyl (C=O) groups is 1. The minimum Gasteiger partial charge on any atom is -0.465 e. The number of rotatable bonds is 2. The quantitative estimate of drug-likeness (QED) is 0.780. The van der Waals surface area contributed by atoms with Gasteiger partial charge in [0.05, 0.1) is 18.1 Å². The average molecular weight is 294 g/mol. The minimum atomic E-state index is -0.535. The molecule has 1 aliphatic rings. The maximum absolute atomic E-state index is 12.3. The monoisotopic (exact) mass is 294 g/mol. The number of aryl methyl sites for hydroxylation is 1. The molecule has 6 nitrogen and oxygen atoms in total. The molecule has 0 atom stereocenters. The topological polar surface area (TPSA) is 70.3 Å². The number of hydrogen-bond acceptors (Lipinski definition) is 5. The highest BCUT2D eigenvalue weighted by molar-refractivity contribution is 7.19. The average Bonchev–Trinajstić information content (AvgIpc) is 3.18. The fourth-order valence-corrected chi connectivity index (χ4v) is 3.60. The number of fused-ring (bicyclic) bond motifs is 1. The minimum absolute atomic E-state index is 0.139. The molecular weight excluding hydrogens is 280 g/mol. The van der Waals surface area contributed by atoms with E-state index in [0.29, 0.717) is 15.1 Å². The molecule has 2 aromatic rings. The number of carbonyl (C=O) groups excluding carboxylic acids is 1. The molecule has 0 aliphatic heterocycles. The molecule has 0 amide bonds. The Kier molecular flexibility index (Phi) is 2.82. The van der Waals surface area contributed by atoms with Crippen molar-refractivity contribution in [2.45, 2.75) is 25.8 Å². The van der Waals surface area contributed by atoms with E-state index in [2.05, 4.69) is 0 Å². The Morgan fingerprint density at radius 1 is 1.35 bits per heavy atom. The fraction of sp³-hybridized carbons (Fsp3) is 0.462.